The van der Waals surface area contributed by atoms with Gasteiger partial charge in [-0.25, -0.2) is 0 Å². The number of benzene rings is 3. The Bertz CT molecular complexity index is 1370. The van der Waals surface area contributed by atoms with Crippen molar-refractivity contribution in [1.82, 2.24) is 4.90 Å². The van der Waals surface area contributed by atoms with E-state index < -0.39 is 23.8 Å². The fourth-order valence-electron chi connectivity index (χ4n) is 4.33. The molecule has 1 atom stereocenters. The molecule has 3 amide bonds. The van der Waals surface area contributed by atoms with Gasteiger partial charge in [0.05, 0.1) is 43.0 Å². The van der Waals surface area contributed by atoms with Gasteiger partial charge >= 0.3 is 5.97 Å². The van der Waals surface area contributed by atoms with E-state index in [0.717, 1.165) is 10.5 Å². The Morgan fingerprint density at radius 2 is 1.68 bits per heavy atom. The molecule has 3 aromatic rings. The first-order chi connectivity index (χ1) is 18.3. The van der Waals surface area contributed by atoms with Gasteiger partial charge in [0.15, 0.2) is 11.5 Å². The number of methoxy groups -OCH3 is 1. The Labute approximate surface area is 220 Å². The van der Waals surface area contributed by atoms with E-state index in [1.165, 1.54) is 20.1 Å². The summed E-state index contributed by atoms with van der Waals surface area (Å²) >= 11 is 0. The summed E-state index contributed by atoms with van der Waals surface area (Å²) in [5.74, 6) is -1.29. The summed E-state index contributed by atoms with van der Waals surface area (Å²) in [6.07, 6.45) is -0.271. The lowest BCUT2D eigenvalue weighted by molar-refractivity contribution is -0.141. The van der Waals surface area contributed by atoms with Gasteiger partial charge in [0, 0.05) is 6.92 Å². The number of hydrogen-bond donors (Lipinski definition) is 1. The third-order valence-corrected chi connectivity index (χ3v) is 6.05. The van der Waals surface area contributed by atoms with Crippen molar-refractivity contribution in [3.8, 4) is 11.5 Å². The minimum Gasteiger partial charge on any atom is -0.490 e. The van der Waals surface area contributed by atoms with Crippen molar-refractivity contribution in [2.75, 3.05) is 19.0 Å². The molecule has 0 saturated carbocycles. The van der Waals surface area contributed by atoms with E-state index in [9.17, 15) is 19.2 Å². The molecular weight excluding hydrogens is 488 g/mol. The lowest BCUT2D eigenvalue weighted by Gasteiger charge is -2.26. The van der Waals surface area contributed by atoms with Gasteiger partial charge < -0.3 is 19.5 Å². The molecule has 38 heavy (non-hydrogen) atoms. The number of imide groups is 1. The second kappa shape index (κ2) is 11.6. The first-order valence-corrected chi connectivity index (χ1v) is 12.1. The maximum atomic E-state index is 13.6. The van der Waals surface area contributed by atoms with Crippen LogP contribution in [0.25, 0.3) is 0 Å². The van der Waals surface area contributed by atoms with Crippen molar-refractivity contribution in [1.29, 1.82) is 0 Å². The average Bonchev–Trinajstić information content (AvgIpc) is 3.17. The number of esters is 1. The number of amides is 3. The molecule has 1 aliphatic rings. The highest BCUT2D eigenvalue weighted by Crippen LogP contribution is 2.39. The van der Waals surface area contributed by atoms with Crippen molar-refractivity contribution >= 4 is 29.4 Å². The fourth-order valence-corrected chi connectivity index (χ4v) is 4.33. The quantitative estimate of drug-likeness (QED) is 0.311. The van der Waals surface area contributed by atoms with Crippen LogP contribution in [-0.2, 0) is 20.9 Å². The molecule has 4 rings (SSSR count). The molecule has 0 aromatic heterocycles. The number of nitrogens with zero attached hydrogens (tertiary/aromatic N) is 1. The summed E-state index contributed by atoms with van der Waals surface area (Å²) in [6.45, 7) is 3.80. The number of rotatable bonds is 10. The Kier molecular flexibility index (Phi) is 8.06. The zero-order chi connectivity index (χ0) is 27.2. The maximum absolute atomic E-state index is 13.6. The van der Waals surface area contributed by atoms with E-state index >= 15 is 0 Å². The maximum Gasteiger partial charge on any atom is 0.307 e. The third kappa shape index (κ3) is 5.51. The molecule has 0 bridgehead atoms. The van der Waals surface area contributed by atoms with Crippen LogP contribution in [0.2, 0.25) is 0 Å². The standard InChI is InChI=1S/C29H28N2O7/c1-4-37-25-15-20(13-14-24(25)38-17-19-9-6-5-7-10-19)23(16-26(33)36-3)31-28(34)21-11-8-12-22(30-18(2)32)27(21)29(31)35/h5-15,23H,4,16-17H2,1-3H3,(H,30,32). The smallest absolute Gasteiger partial charge is 0.307 e. The molecular formula is C29H28N2O7. The van der Waals surface area contributed by atoms with Crippen LogP contribution in [0.3, 0.4) is 0 Å². The van der Waals surface area contributed by atoms with Crippen LogP contribution in [0.15, 0.2) is 66.7 Å². The Balaban J connectivity index is 1.71. The summed E-state index contributed by atoms with van der Waals surface area (Å²) < 4.78 is 16.7. The van der Waals surface area contributed by atoms with Gasteiger partial charge in [-0.05, 0) is 42.3 Å². The molecule has 0 saturated heterocycles. The molecule has 3 aromatic carbocycles. The number of nitrogens with one attached hydrogen (secondary N) is 1. The Morgan fingerprint density at radius 3 is 2.37 bits per heavy atom. The van der Waals surface area contributed by atoms with Crippen molar-refractivity contribution in [3.63, 3.8) is 0 Å². The summed E-state index contributed by atoms with van der Waals surface area (Å²) in [7, 11) is 1.24. The van der Waals surface area contributed by atoms with Gasteiger partial charge in [-0.3, -0.25) is 24.1 Å². The summed E-state index contributed by atoms with van der Waals surface area (Å²) in [4.78, 5) is 52.2. The molecule has 0 fully saturated rings. The predicted molar refractivity (Wildman–Crippen MR) is 139 cm³/mol. The van der Waals surface area contributed by atoms with Gasteiger partial charge in [0.1, 0.15) is 6.61 Å². The predicted octanol–water partition coefficient (Wildman–Crippen LogP) is 4.52. The topological polar surface area (TPSA) is 111 Å². The van der Waals surface area contributed by atoms with E-state index in [0.29, 0.717) is 30.3 Å². The molecule has 0 aliphatic carbocycles. The number of hydrogen-bond acceptors (Lipinski definition) is 7. The normalized spacial score (nSPS) is 13.1. The number of carbonyl (C=O) groups excluding carboxylic acids is 4. The third-order valence-electron chi connectivity index (χ3n) is 6.05. The fraction of sp³-hybridized carbons (Fsp3) is 0.241. The van der Waals surface area contributed by atoms with Crippen molar-refractivity contribution in [2.45, 2.75) is 32.9 Å². The molecule has 1 aliphatic heterocycles. The highest BCUT2D eigenvalue weighted by Gasteiger charge is 2.43. The van der Waals surface area contributed by atoms with Crippen LogP contribution in [0.1, 0.15) is 58.2 Å². The zero-order valence-corrected chi connectivity index (χ0v) is 21.4. The van der Waals surface area contributed by atoms with E-state index in [4.69, 9.17) is 14.2 Å². The summed E-state index contributed by atoms with van der Waals surface area (Å²) in [6, 6.07) is 18.4. The average molecular weight is 517 g/mol. The zero-order valence-electron chi connectivity index (χ0n) is 21.4. The van der Waals surface area contributed by atoms with Gasteiger partial charge in [0.25, 0.3) is 11.8 Å². The van der Waals surface area contributed by atoms with Crippen LogP contribution < -0.4 is 14.8 Å². The highest BCUT2D eigenvalue weighted by atomic mass is 16.5. The molecule has 1 N–H and O–H groups in total. The minimum absolute atomic E-state index is 0.0791. The van der Waals surface area contributed by atoms with Crippen molar-refractivity contribution < 1.29 is 33.4 Å². The van der Waals surface area contributed by atoms with Crippen molar-refractivity contribution in [2.24, 2.45) is 0 Å². The largest absolute Gasteiger partial charge is 0.490 e. The molecule has 1 unspecified atom stereocenters. The van der Waals surface area contributed by atoms with E-state index in [1.807, 2.05) is 37.3 Å². The Morgan fingerprint density at radius 1 is 0.921 bits per heavy atom. The number of ether oxygens (including phenoxy) is 3. The first kappa shape index (κ1) is 26.4. The second-order valence-electron chi connectivity index (χ2n) is 8.60. The van der Waals surface area contributed by atoms with Crippen LogP contribution >= 0.6 is 0 Å². The first-order valence-electron chi connectivity index (χ1n) is 12.1. The minimum atomic E-state index is -0.984. The Hall–Kier alpha value is -4.66. The SMILES string of the molecule is CCOc1cc(C(CC(=O)OC)N2C(=O)c3cccc(NC(C)=O)c3C2=O)ccc1OCc1ccccc1. The molecule has 9 heteroatoms. The highest BCUT2D eigenvalue weighted by molar-refractivity contribution is 6.24. The molecule has 9 nitrogen and oxygen atoms in total. The monoisotopic (exact) mass is 516 g/mol. The van der Waals surface area contributed by atoms with Crippen LogP contribution in [0.4, 0.5) is 5.69 Å². The van der Waals surface area contributed by atoms with Crippen molar-refractivity contribution in [3.05, 3.63) is 89.0 Å². The number of anilines is 1. The van der Waals surface area contributed by atoms with E-state index in [2.05, 4.69) is 5.32 Å². The molecule has 0 radical (unpaired) electrons. The van der Waals surface area contributed by atoms with E-state index in [-0.39, 0.29) is 29.1 Å². The van der Waals surface area contributed by atoms with Gasteiger partial charge in [-0.15, -0.1) is 0 Å². The van der Waals surface area contributed by atoms with Crippen LogP contribution in [-0.4, -0.2) is 42.3 Å². The lowest BCUT2D eigenvalue weighted by Crippen LogP contribution is -2.35. The molecule has 0 spiro atoms. The van der Waals surface area contributed by atoms with Gasteiger partial charge in [0.2, 0.25) is 5.91 Å². The summed E-state index contributed by atoms with van der Waals surface area (Å²) in [5.41, 5.74) is 1.91. The number of fused-ring (bicyclic) bond motifs is 1. The van der Waals surface area contributed by atoms with E-state index in [1.54, 1.807) is 30.3 Å². The van der Waals surface area contributed by atoms with Crippen LogP contribution in [0.5, 0.6) is 11.5 Å². The van der Waals surface area contributed by atoms with Gasteiger partial charge in [-0.1, -0.05) is 42.5 Å². The molecule has 1 heterocycles. The van der Waals surface area contributed by atoms with Gasteiger partial charge in [-0.2, -0.15) is 0 Å². The van der Waals surface area contributed by atoms with Crippen LogP contribution in [0, 0.1) is 0 Å². The molecule has 196 valence electrons. The summed E-state index contributed by atoms with van der Waals surface area (Å²) in [5, 5.41) is 2.60. The second-order valence-corrected chi connectivity index (χ2v) is 8.60. The number of carbonyl (C=O) groups is 4. The lowest BCUT2D eigenvalue weighted by atomic mass is 10.0.